The van der Waals surface area contributed by atoms with Crippen molar-refractivity contribution < 1.29 is 0 Å². The molecule has 0 radical (unpaired) electrons. The summed E-state index contributed by atoms with van der Waals surface area (Å²) in [6.45, 7) is 5.92. The fraction of sp³-hybridized carbons (Fsp3) is 0.684. The molecule has 1 saturated carbocycles. The minimum absolute atomic E-state index is 0.514. The Hall–Kier alpha value is -0.470. The van der Waals surface area contributed by atoms with Crippen LogP contribution in [0.15, 0.2) is 35.2 Å². The number of benzene rings is 1. The molecule has 1 aromatic rings. The minimum Gasteiger partial charge on any atom is -0.313 e. The molecule has 0 heterocycles. The van der Waals surface area contributed by atoms with Gasteiger partial charge >= 0.3 is 0 Å². The predicted molar refractivity (Wildman–Crippen MR) is 95.1 cm³/mol. The van der Waals surface area contributed by atoms with Gasteiger partial charge in [0.05, 0.1) is 0 Å². The Balaban J connectivity index is 1.83. The van der Waals surface area contributed by atoms with Crippen LogP contribution in [0.3, 0.4) is 0 Å². The molecule has 1 fully saturated rings. The van der Waals surface area contributed by atoms with Crippen LogP contribution in [0.5, 0.6) is 0 Å². The SMILES string of the molecule is CCCCC(CC)(CCSc1ccccc1)CNC1CC1. The number of nitrogens with one attached hydrogen (secondary N) is 1. The Labute approximate surface area is 135 Å². The van der Waals surface area contributed by atoms with Crippen molar-refractivity contribution >= 4 is 11.8 Å². The molecule has 0 amide bonds. The van der Waals surface area contributed by atoms with E-state index in [9.17, 15) is 0 Å². The first-order valence-electron chi connectivity index (χ1n) is 8.69. The molecule has 1 unspecified atom stereocenters. The summed E-state index contributed by atoms with van der Waals surface area (Å²) in [6.07, 6.45) is 9.51. The van der Waals surface area contributed by atoms with Gasteiger partial charge in [-0.15, -0.1) is 11.8 Å². The molecular weight excluding hydrogens is 274 g/mol. The van der Waals surface area contributed by atoms with Crippen LogP contribution in [0.4, 0.5) is 0 Å². The smallest absolute Gasteiger partial charge is 0.00719 e. The van der Waals surface area contributed by atoms with Gasteiger partial charge in [0.25, 0.3) is 0 Å². The Morgan fingerprint density at radius 1 is 1.14 bits per heavy atom. The summed E-state index contributed by atoms with van der Waals surface area (Å²) in [5.74, 6) is 1.24. The first-order chi connectivity index (χ1) is 10.3. The van der Waals surface area contributed by atoms with E-state index < -0.39 is 0 Å². The molecule has 0 saturated heterocycles. The summed E-state index contributed by atoms with van der Waals surface area (Å²) < 4.78 is 0. The lowest BCUT2D eigenvalue weighted by Crippen LogP contribution is -2.35. The van der Waals surface area contributed by atoms with Crippen LogP contribution in [-0.4, -0.2) is 18.3 Å². The highest BCUT2D eigenvalue weighted by Gasteiger charge is 2.30. The molecule has 1 aliphatic carbocycles. The number of hydrogen-bond donors (Lipinski definition) is 1. The maximum absolute atomic E-state index is 3.80. The molecule has 0 aromatic heterocycles. The van der Waals surface area contributed by atoms with Gasteiger partial charge in [-0.05, 0) is 55.4 Å². The monoisotopic (exact) mass is 305 g/mol. The summed E-state index contributed by atoms with van der Waals surface area (Å²) in [7, 11) is 0. The second kappa shape index (κ2) is 8.85. The molecule has 1 atom stereocenters. The normalized spacial score (nSPS) is 17.6. The van der Waals surface area contributed by atoms with Gasteiger partial charge in [0.2, 0.25) is 0 Å². The minimum atomic E-state index is 0.514. The van der Waals surface area contributed by atoms with E-state index in [4.69, 9.17) is 0 Å². The number of rotatable bonds is 11. The third-order valence-corrected chi connectivity index (χ3v) is 5.81. The van der Waals surface area contributed by atoms with E-state index in [1.807, 2.05) is 11.8 Å². The van der Waals surface area contributed by atoms with Crippen LogP contribution in [0.2, 0.25) is 0 Å². The molecule has 0 bridgehead atoms. The molecule has 1 aliphatic rings. The maximum atomic E-state index is 3.80. The first kappa shape index (κ1) is 16.9. The molecular formula is C19H31NS. The van der Waals surface area contributed by atoms with Crippen molar-refractivity contribution in [3.63, 3.8) is 0 Å². The summed E-state index contributed by atoms with van der Waals surface area (Å²) >= 11 is 2.02. The summed E-state index contributed by atoms with van der Waals surface area (Å²) in [5.41, 5.74) is 0.514. The number of unbranched alkanes of at least 4 members (excludes halogenated alkanes) is 1. The lowest BCUT2D eigenvalue weighted by atomic mass is 9.77. The second-order valence-electron chi connectivity index (χ2n) is 6.52. The highest BCUT2D eigenvalue weighted by Crippen LogP contribution is 2.36. The topological polar surface area (TPSA) is 12.0 Å². The third-order valence-electron chi connectivity index (χ3n) is 4.80. The van der Waals surface area contributed by atoms with E-state index >= 15 is 0 Å². The molecule has 1 nitrogen and oxygen atoms in total. The lowest BCUT2D eigenvalue weighted by molar-refractivity contribution is 0.223. The van der Waals surface area contributed by atoms with Gasteiger partial charge in [0.1, 0.15) is 0 Å². The average Bonchev–Trinajstić information content (AvgIpc) is 3.35. The lowest BCUT2D eigenvalue weighted by Gasteiger charge is -2.33. The molecule has 1 aromatic carbocycles. The van der Waals surface area contributed by atoms with Crippen LogP contribution in [0.25, 0.3) is 0 Å². The van der Waals surface area contributed by atoms with Crippen molar-refractivity contribution in [3.05, 3.63) is 30.3 Å². The number of thioether (sulfide) groups is 1. The average molecular weight is 306 g/mol. The van der Waals surface area contributed by atoms with E-state index in [2.05, 4.69) is 49.5 Å². The molecule has 1 N–H and O–H groups in total. The molecule has 2 rings (SSSR count). The molecule has 0 aliphatic heterocycles. The Bertz CT molecular complexity index is 388. The van der Waals surface area contributed by atoms with E-state index in [-0.39, 0.29) is 0 Å². The predicted octanol–water partition coefficient (Wildman–Crippen LogP) is 5.51. The highest BCUT2D eigenvalue weighted by atomic mass is 32.2. The Kier molecular flexibility index (Phi) is 7.12. The maximum Gasteiger partial charge on any atom is 0.00719 e. The van der Waals surface area contributed by atoms with Gasteiger partial charge < -0.3 is 5.32 Å². The summed E-state index contributed by atoms with van der Waals surface area (Å²) in [5, 5.41) is 3.80. The molecule has 0 spiro atoms. The summed E-state index contributed by atoms with van der Waals surface area (Å²) in [4.78, 5) is 1.41. The van der Waals surface area contributed by atoms with Gasteiger partial charge in [-0.25, -0.2) is 0 Å². The second-order valence-corrected chi connectivity index (χ2v) is 7.69. The highest BCUT2D eigenvalue weighted by molar-refractivity contribution is 7.99. The van der Waals surface area contributed by atoms with Crippen LogP contribution in [0.1, 0.15) is 58.8 Å². The van der Waals surface area contributed by atoms with E-state index in [1.165, 1.54) is 62.1 Å². The third kappa shape index (κ3) is 6.04. The van der Waals surface area contributed by atoms with Gasteiger partial charge in [-0.3, -0.25) is 0 Å². The van der Waals surface area contributed by atoms with Crippen LogP contribution < -0.4 is 5.32 Å². The largest absolute Gasteiger partial charge is 0.313 e. The fourth-order valence-corrected chi connectivity index (χ4v) is 4.00. The van der Waals surface area contributed by atoms with Crippen LogP contribution in [0, 0.1) is 5.41 Å². The van der Waals surface area contributed by atoms with E-state index in [0.29, 0.717) is 5.41 Å². The van der Waals surface area contributed by atoms with Crippen molar-refractivity contribution in [2.45, 2.75) is 69.7 Å². The van der Waals surface area contributed by atoms with E-state index in [0.717, 1.165) is 6.04 Å². The zero-order chi connectivity index (χ0) is 15.0. The van der Waals surface area contributed by atoms with Crippen molar-refractivity contribution in [1.82, 2.24) is 5.32 Å². The fourth-order valence-electron chi connectivity index (χ4n) is 2.88. The number of hydrogen-bond acceptors (Lipinski definition) is 2. The van der Waals surface area contributed by atoms with E-state index in [1.54, 1.807) is 0 Å². The molecule has 21 heavy (non-hydrogen) atoms. The quantitative estimate of drug-likeness (QED) is 0.541. The van der Waals surface area contributed by atoms with Crippen LogP contribution in [-0.2, 0) is 0 Å². The van der Waals surface area contributed by atoms with Crippen molar-refractivity contribution in [2.75, 3.05) is 12.3 Å². The Morgan fingerprint density at radius 2 is 1.90 bits per heavy atom. The van der Waals surface area contributed by atoms with Crippen molar-refractivity contribution in [3.8, 4) is 0 Å². The van der Waals surface area contributed by atoms with Crippen LogP contribution >= 0.6 is 11.8 Å². The van der Waals surface area contributed by atoms with Gasteiger partial charge in [-0.2, -0.15) is 0 Å². The standard InChI is InChI=1S/C19H31NS/c1-3-5-13-19(4-2,16-20-17-11-12-17)14-15-21-18-9-7-6-8-10-18/h6-10,17,20H,3-5,11-16H2,1-2H3. The zero-order valence-electron chi connectivity index (χ0n) is 13.7. The zero-order valence-corrected chi connectivity index (χ0v) is 14.6. The van der Waals surface area contributed by atoms with Crippen molar-refractivity contribution in [1.29, 1.82) is 0 Å². The summed E-state index contributed by atoms with van der Waals surface area (Å²) in [6, 6.07) is 11.7. The molecule has 118 valence electrons. The van der Waals surface area contributed by atoms with Gasteiger partial charge in [-0.1, -0.05) is 44.9 Å². The molecule has 2 heteroatoms. The van der Waals surface area contributed by atoms with Crippen molar-refractivity contribution in [2.24, 2.45) is 5.41 Å². The van der Waals surface area contributed by atoms with Gasteiger partial charge in [0, 0.05) is 17.5 Å². The Morgan fingerprint density at radius 3 is 2.52 bits per heavy atom. The van der Waals surface area contributed by atoms with Gasteiger partial charge in [0.15, 0.2) is 0 Å². The first-order valence-corrected chi connectivity index (χ1v) is 9.68.